The van der Waals surface area contributed by atoms with Crippen molar-refractivity contribution in [3.63, 3.8) is 0 Å². The summed E-state index contributed by atoms with van der Waals surface area (Å²) in [5.74, 6) is 0. The van der Waals surface area contributed by atoms with Crippen molar-refractivity contribution in [2.75, 3.05) is 0 Å². The smallest absolute Gasteiger partial charge is 0.0380 e. The first-order chi connectivity index (χ1) is 8.08. The van der Waals surface area contributed by atoms with Gasteiger partial charge in [-0.05, 0) is 53.9 Å². The number of hydrogen-bond acceptors (Lipinski definition) is 2. The van der Waals surface area contributed by atoms with Crippen LogP contribution < -0.4 is 5.32 Å². The fourth-order valence-corrected chi connectivity index (χ4v) is 2.62. The Morgan fingerprint density at radius 3 is 2.47 bits per heavy atom. The molecule has 2 aromatic rings. The second-order valence-electron chi connectivity index (χ2n) is 4.62. The van der Waals surface area contributed by atoms with Crippen molar-refractivity contribution in [2.24, 2.45) is 0 Å². The normalized spacial score (nSPS) is 11.7. The van der Waals surface area contributed by atoms with Gasteiger partial charge in [-0.15, -0.1) is 0 Å². The van der Waals surface area contributed by atoms with E-state index in [1.807, 2.05) is 0 Å². The average Bonchev–Trinajstić information content (AvgIpc) is 2.80. The van der Waals surface area contributed by atoms with Gasteiger partial charge >= 0.3 is 0 Å². The molecule has 0 aliphatic heterocycles. The molecule has 0 spiro atoms. The molecule has 1 nitrogen and oxygen atoms in total. The predicted molar refractivity (Wildman–Crippen MR) is 78.3 cm³/mol. The topological polar surface area (TPSA) is 12.0 Å². The molecule has 3 heteroatoms. The van der Waals surface area contributed by atoms with E-state index in [4.69, 9.17) is 0 Å². The third kappa shape index (κ3) is 3.41. The summed E-state index contributed by atoms with van der Waals surface area (Å²) in [6, 6.07) is 10.7. The van der Waals surface area contributed by atoms with E-state index in [1.54, 1.807) is 11.3 Å². The lowest BCUT2D eigenvalue weighted by molar-refractivity contribution is 0.401. The Balaban J connectivity index is 2.05. The summed E-state index contributed by atoms with van der Waals surface area (Å²) in [7, 11) is 0. The van der Waals surface area contributed by atoms with Crippen LogP contribution in [0.15, 0.2) is 45.6 Å². The Labute approximate surface area is 115 Å². The quantitative estimate of drug-likeness (QED) is 0.874. The van der Waals surface area contributed by atoms with Crippen molar-refractivity contribution < 1.29 is 0 Å². The Hall–Kier alpha value is -0.640. The standard InChI is InChI=1S/C14H16BrNS/c1-14(2,12-3-5-13(15)6-4-12)16-9-11-7-8-17-10-11/h3-8,10,16H,9H2,1-2H3. The van der Waals surface area contributed by atoms with Gasteiger partial charge in [-0.3, -0.25) is 0 Å². The summed E-state index contributed by atoms with van der Waals surface area (Å²) in [6.45, 7) is 5.33. The van der Waals surface area contributed by atoms with Crippen molar-refractivity contribution in [3.05, 3.63) is 56.7 Å². The van der Waals surface area contributed by atoms with Gasteiger partial charge in [0.1, 0.15) is 0 Å². The fourth-order valence-electron chi connectivity index (χ4n) is 1.68. The van der Waals surface area contributed by atoms with E-state index >= 15 is 0 Å². The van der Waals surface area contributed by atoms with Gasteiger partial charge in [-0.25, -0.2) is 0 Å². The van der Waals surface area contributed by atoms with Crippen LogP contribution >= 0.6 is 27.3 Å². The molecule has 17 heavy (non-hydrogen) atoms. The number of nitrogens with one attached hydrogen (secondary N) is 1. The van der Waals surface area contributed by atoms with E-state index in [0.29, 0.717) is 0 Å². The minimum Gasteiger partial charge on any atom is -0.304 e. The molecule has 1 heterocycles. The van der Waals surface area contributed by atoms with E-state index in [9.17, 15) is 0 Å². The average molecular weight is 310 g/mol. The number of halogens is 1. The summed E-state index contributed by atoms with van der Waals surface area (Å²) in [5.41, 5.74) is 2.64. The highest BCUT2D eigenvalue weighted by molar-refractivity contribution is 9.10. The fraction of sp³-hybridized carbons (Fsp3) is 0.286. The number of hydrogen-bond donors (Lipinski definition) is 1. The lowest BCUT2D eigenvalue weighted by atomic mass is 9.94. The number of benzene rings is 1. The third-order valence-corrected chi connectivity index (χ3v) is 4.14. The molecule has 1 N–H and O–H groups in total. The molecule has 0 saturated carbocycles. The third-order valence-electron chi connectivity index (χ3n) is 2.88. The van der Waals surface area contributed by atoms with Crippen molar-refractivity contribution in [2.45, 2.75) is 25.9 Å². The molecule has 90 valence electrons. The molecular formula is C14H16BrNS. The molecule has 0 radical (unpaired) electrons. The van der Waals surface area contributed by atoms with Crippen LogP contribution in [0, 0.1) is 0 Å². The highest BCUT2D eigenvalue weighted by atomic mass is 79.9. The zero-order chi connectivity index (χ0) is 12.3. The zero-order valence-corrected chi connectivity index (χ0v) is 12.4. The van der Waals surface area contributed by atoms with Crippen molar-refractivity contribution >= 4 is 27.3 Å². The summed E-state index contributed by atoms with van der Waals surface area (Å²) in [4.78, 5) is 0. The molecule has 2 rings (SSSR count). The maximum Gasteiger partial charge on any atom is 0.0380 e. The van der Waals surface area contributed by atoms with Crippen molar-refractivity contribution in [3.8, 4) is 0 Å². The molecular weight excluding hydrogens is 294 g/mol. The summed E-state index contributed by atoms with van der Waals surface area (Å²) in [5, 5.41) is 7.89. The van der Waals surface area contributed by atoms with E-state index in [1.165, 1.54) is 11.1 Å². The zero-order valence-electron chi connectivity index (χ0n) is 10.0. The van der Waals surface area contributed by atoms with Gasteiger partial charge in [-0.2, -0.15) is 11.3 Å². The monoisotopic (exact) mass is 309 g/mol. The number of thiophene rings is 1. The van der Waals surface area contributed by atoms with Gasteiger partial charge in [0.25, 0.3) is 0 Å². The van der Waals surface area contributed by atoms with Crippen molar-refractivity contribution in [1.29, 1.82) is 0 Å². The Morgan fingerprint density at radius 1 is 1.18 bits per heavy atom. The SMILES string of the molecule is CC(C)(NCc1ccsc1)c1ccc(Br)cc1. The summed E-state index contributed by atoms with van der Waals surface area (Å²) in [6.07, 6.45) is 0. The van der Waals surface area contributed by atoms with Crippen LogP contribution in [0.25, 0.3) is 0 Å². The second kappa shape index (κ2) is 5.34. The number of rotatable bonds is 4. The van der Waals surface area contributed by atoms with Crippen LogP contribution in [0.1, 0.15) is 25.0 Å². The molecule has 1 aromatic carbocycles. The lowest BCUT2D eigenvalue weighted by Crippen LogP contribution is -2.35. The van der Waals surface area contributed by atoms with E-state index in [-0.39, 0.29) is 5.54 Å². The molecule has 0 aliphatic rings. The van der Waals surface area contributed by atoms with Gasteiger partial charge in [0.2, 0.25) is 0 Å². The van der Waals surface area contributed by atoms with Crippen LogP contribution in [0.2, 0.25) is 0 Å². The first-order valence-corrected chi connectivity index (χ1v) is 7.34. The van der Waals surface area contributed by atoms with Crippen LogP contribution in [0.3, 0.4) is 0 Å². The van der Waals surface area contributed by atoms with Crippen LogP contribution in [0.5, 0.6) is 0 Å². The summed E-state index contributed by atoms with van der Waals surface area (Å²) < 4.78 is 1.12. The second-order valence-corrected chi connectivity index (χ2v) is 6.31. The largest absolute Gasteiger partial charge is 0.304 e. The van der Waals surface area contributed by atoms with Crippen LogP contribution in [-0.2, 0) is 12.1 Å². The Kier molecular flexibility index (Phi) is 4.02. The van der Waals surface area contributed by atoms with Gasteiger partial charge in [0, 0.05) is 16.6 Å². The maximum atomic E-state index is 3.59. The van der Waals surface area contributed by atoms with Gasteiger partial charge in [0.05, 0.1) is 0 Å². The molecule has 0 unspecified atom stereocenters. The van der Waals surface area contributed by atoms with E-state index < -0.39 is 0 Å². The van der Waals surface area contributed by atoms with Crippen molar-refractivity contribution in [1.82, 2.24) is 5.32 Å². The highest BCUT2D eigenvalue weighted by Gasteiger charge is 2.19. The maximum absolute atomic E-state index is 3.59. The first kappa shape index (κ1) is 12.8. The van der Waals surface area contributed by atoms with E-state index in [2.05, 4.69) is 76.2 Å². The van der Waals surface area contributed by atoms with Crippen LogP contribution in [0.4, 0.5) is 0 Å². The molecule has 0 bridgehead atoms. The summed E-state index contributed by atoms with van der Waals surface area (Å²) >= 11 is 5.21. The van der Waals surface area contributed by atoms with Crippen LogP contribution in [-0.4, -0.2) is 0 Å². The predicted octanol–water partition coefficient (Wildman–Crippen LogP) is 4.54. The van der Waals surface area contributed by atoms with Gasteiger partial charge in [0.15, 0.2) is 0 Å². The minimum atomic E-state index is -0.0113. The van der Waals surface area contributed by atoms with Gasteiger partial charge < -0.3 is 5.32 Å². The molecule has 0 amide bonds. The molecule has 0 saturated heterocycles. The lowest BCUT2D eigenvalue weighted by Gasteiger charge is -2.27. The highest BCUT2D eigenvalue weighted by Crippen LogP contribution is 2.22. The molecule has 1 aromatic heterocycles. The molecule has 0 fully saturated rings. The van der Waals surface area contributed by atoms with Gasteiger partial charge in [-0.1, -0.05) is 28.1 Å². The molecule has 0 aliphatic carbocycles. The molecule has 0 atom stereocenters. The van der Waals surface area contributed by atoms with E-state index in [0.717, 1.165) is 11.0 Å². The Morgan fingerprint density at radius 2 is 1.88 bits per heavy atom. The first-order valence-electron chi connectivity index (χ1n) is 5.60. The minimum absolute atomic E-state index is 0.0113. The Bertz CT molecular complexity index is 459.